The SMILES string of the molecule is Cc1cc2nnc(-c3cc([N+](=O)[O-])ccc3N)n2cn1. The summed E-state index contributed by atoms with van der Waals surface area (Å²) in [6, 6.07) is 5.98. The van der Waals surface area contributed by atoms with E-state index in [0.717, 1.165) is 5.69 Å². The summed E-state index contributed by atoms with van der Waals surface area (Å²) in [4.78, 5) is 14.5. The van der Waals surface area contributed by atoms with Crippen molar-refractivity contribution in [1.82, 2.24) is 19.6 Å². The number of nitro benzene ring substituents is 1. The number of nitrogen functional groups attached to an aromatic ring is 1. The van der Waals surface area contributed by atoms with E-state index in [0.29, 0.717) is 22.7 Å². The van der Waals surface area contributed by atoms with E-state index in [9.17, 15) is 10.1 Å². The van der Waals surface area contributed by atoms with Gasteiger partial charge in [-0.05, 0) is 13.0 Å². The Labute approximate surface area is 113 Å². The van der Waals surface area contributed by atoms with E-state index in [4.69, 9.17) is 5.73 Å². The molecule has 100 valence electrons. The van der Waals surface area contributed by atoms with Gasteiger partial charge in [-0.3, -0.25) is 14.5 Å². The molecular formula is C12H10N6O2. The quantitative estimate of drug-likeness (QED) is 0.430. The lowest BCUT2D eigenvalue weighted by atomic mass is 10.1. The zero-order chi connectivity index (χ0) is 14.3. The van der Waals surface area contributed by atoms with Gasteiger partial charge in [-0.15, -0.1) is 10.2 Å². The van der Waals surface area contributed by atoms with Gasteiger partial charge in [-0.25, -0.2) is 4.98 Å². The minimum Gasteiger partial charge on any atom is -0.398 e. The zero-order valence-corrected chi connectivity index (χ0v) is 10.5. The van der Waals surface area contributed by atoms with Crippen molar-refractivity contribution in [2.45, 2.75) is 6.92 Å². The Morgan fingerprint density at radius 1 is 1.30 bits per heavy atom. The van der Waals surface area contributed by atoms with Gasteiger partial charge >= 0.3 is 0 Å². The summed E-state index contributed by atoms with van der Waals surface area (Å²) >= 11 is 0. The number of nitro groups is 1. The number of anilines is 1. The summed E-state index contributed by atoms with van der Waals surface area (Å²) in [6.45, 7) is 1.84. The van der Waals surface area contributed by atoms with Crippen LogP contribution in [0.1, 0.15) is 5.69 Å². The van der Waals surface area contributed by atoms with Gasteiger partial charge in [0, 0.05) is 35.1 Å². The van der Waals surface area contributed by atoms with Crippen molar-refractivity contribution in [2.24, 2.45) is 0 Å². The summed E-state index contributed by atoms with van der Waals surface area (Å²) in [5.74, 6) is 0.425. The van der Waals surface area contributed by atoms with Crippen LogP contribution < -0.4 is 5.73 Å². The van der Waals surface area contributed by atoms with Gasteiger partial charge in [0.1, 0.15) is 6.33 Å². The molecule has 20 heavy (non-hydrogen) atoms. The van der Waals surface area contributed by atoms with Crippen molar-refractivity contribution in [3.63, 3.8) is 0 Å². The standard InChI is InChI=1S/C12H10N6O2/c1-7-4-11-15-16-12(17(11)6-14-7)9-5-8(18(19)20)2-3-10(9)13/h2-6H,13H2,1H3. The summed E-state index contributed by atoms with van der Waals surface area (Å²) in [6.07, 6.45) is 1.57. The number of nitrogens with two attached hydrogens (primary N) is 1. The normalized spacial score (nSPS) is 10.8. The lowest BCUT2D eigenvalue weighted by Crippen LogP contribution is -1.98. The Kier molecular flexibility index (Phi) is 2.56. The van der Waals surface area contributed by atoms with Gasteiger partial charge in [0.05, 0.1) is 4.92 Å². The van der Waals surface area contributed by atoms with E-state index in [2.05, 4.69) is 15.2 Å². The Morgan fingerprint density at radius 2 is 2.10 bits per heavy atom. The van der Waals surface area contributed by atoms with Gasteiger partial charge in [-0.2, -0.15) is 0 Å². The van der Waals surface area contributed by atoms with E-state index >= 15 is 0 Å². The Balaban J connectivity index is 2.25. The minimum atomic E-state index is -0.478. The van der Waals surface area contributed by atoms with Crippen LogP contribution in [0.15, 0.2) is 30.6 Å². The average Bonchev–Trinajstić information content (AvgIpc) is 2.81. The second-order valence-corrected chi connectivity index (χ2v) is 4.31. The largest absolute Gasteiger partial charge is 0.398 e. The molecule has 8 heteroatoms. The molecule has 0 bridgehead atoms. The van der Waals surface area contributed by atoms with E-state index < -0.39 is 4.92 Å². The number of aromatic nitrogens is 4. The van der Waals surface area contributed by atoms with Crippen molar-refractivity contribution in [2.75, 3.05) is 5.73 Å². The summed E-state index contributed by atoms with van der Waals surface area (Å²) in [7, 11) is 0. The minimum absolute atomic E-state index is 0.0500. The van der Waals surface area contributed by atoms with Crippen molar-refractivity contribution in [1.29, 1.82) is 0 Å². The molecule has 0 aliphatic carbocycles. The molecule has 0 saturated heterocycles. The van der Waals surface area contributed by atoms with Gasteiger partial charge in [-0.1, -0.05) is 0 Å². The molecule has 8 nitrogen and oxygen atoms in total. The molecule has 0 aliphatic rings. The van der Waals surface area contributed by atoms with Gasteiger partial charge < -0.3 is 5.73 Å². The van der Waals surface area contributed by atoms with Crippen LogP contribution in [0.5, 0.6) is 0 Å². The average molecular weight is 270 g/mol. The maximum absolute atomic E-state index is 10.9. The highest BCUT2D eigenvalue weighted by Crippen LogP contribution is 2.28. The molecule has 3 aromatic rings. The predicted octanol–water partition coefficient (Wildman–Crippen LogP) is 1.59. The van der Waals surface area contributed by atoms with E-state index in [1.165, 1.54) is 18.2 Å². The monoisotopic (exact) mass is 270 g/mol. The Morgan fingerprint density at radius 3 is 2.85 bits per heavy atom. The third-order valence-corrected chi connectivity index (χ3v) is 2.93. The lowest BCUT2D eigenvalue weighted by Gasteiger charge is -2.04. The van der Waals surface area contributed by atoms with E-state index in [1.807, 2.05) is 6.92 Å². The molecule has 2 aromatic heterocycles. The number of nitrogens with zero attached hydrogens (tertiary/aromatic N) is 5. The highest BCUT2D eigenvalue weighted by Gasteiger charge is 2.15. The Hall–Kier alpha value is -3.03. The third kappa shape index (κ3) is 1.83. The number of hydrogen-bond donors (Lipinski definition) is 1. The van der Waals surface area contributed by atoms with Gasteiger partial charge in [0.2, 0.25) is 0 Å². The van der Waals surface area contributed by atoms with E-state index in [-0.39, 0.29) is 5.69 Å². The Bertz CT molecular complexity index is 826. The van der Waals surface area contributed by atoms with Crippen LogP contribution in [-0.4, -0.2) is 24.5 Å². The van der Waals surface area contributed by atoms with Crippen LogP contribution >= 0.6 is 0 Å². The molecule has 0 radical (unpaired) electrons. The van der Waals surface area contributed by atoms with Crippen molar-refractivity contribution in [3.8, 4) is 11.4 Å². The van der Waals surface area contributed by atoms with Crippen LogP contribution in [0.2, 0.25) is 0 Å². The topological polar surface area (TPSA) is 112 Å². The van der Waals surface area contributed by atoms with Crippen molar-refractivity contribution >= 4 is 17.0 Å². The number of benzene rings is 1. The highest BCUT2D eigenvalue weighted by atomic mass is 16.6. The molecule has 0 aliphatic heterocycles. The first kappa shape index (κ1) is 12.0. The highest BCUT2D eigenvalue weighted by molar-refractivity contribution is 5.75. The molecule has 0 atom stereocenters. The molecule has 0 spiro atoms. The first-order chi connectivity index (χ1) is 9.56. The first-order valence-electron chi connectivity index (χ1n) is 5.78. The van der Waals surface area contributed by atoms with Crippen molar-refractivity contribution in [3.05, 3.63) is 46.4 Å². The van der Waals surface area contributed by atoms with Crippen LogP contribution in [-0.2, 0) is 0 Å². The second kappa shape index (κ2) is 4.26. The molecule has 0 saturated carbocycles. The summed E-state index contributed by atoms with van der Waals surface area (Å²) < 4.78 is 1.64. The fourth-order valence-electron chi connectivity index (χ4n) is 1.92. The van der Waals surface area contributed by atoms with Crippen molar-refractivity contribution < 1.29 is 4.92 Å². The number of hydrogen-bond acceptors (Lipinski definition) is 6. The molecule has 0 fully saturated rings. The van der Waals surface area contributed by atoms with Crippen LogP contribution in [0.4, 0.5) is 11.4 Å². The molecule has 3 rings (SSSR count). The number of aryl methyl sites for hydroxylation is 1. The van der Waals surface area contributed by atoms with E-state index in [1.54, 1.807) is 16.8 Å². The smallest absolute Gasteiger partial charge is 0.270 e. The van der Waals surface area contributed by atoms with Crippen LogP contribution in [0, 0.1) is 17.0 Å². The van der Waals surface area contributed by atoms with Gasteiger partial charge in [0.15, 0.2) is 11.5 Å². The van der Waals surface area contributed by atoms with Crippen LogP contribution in [0.25, 0.3) is 17.0 Å². The fourth-order valence-corrected chi connectivity index (χ4v) is 1.92. The molecule has 2 heterocycles. The fraction of sp³-hybridized carbons (Fsp3) is 0.0833. The maximum Gasteiger partial charge on any atom is 0.270 e. The molecule has 0 unspecified atom stereocenters. The summed E-state index contributed by atoms with van der Waals surface area (Å²) in [5.41, 5.74) is 8.10. The number of fused-ring (bicyclic) bond motifs is 1. The zero-order valence-electron chi connectivity index (χ0n) is 10.5. The maximum atomic E-state index is 10.9. The molecular weight excluding hydrogens is 260 g/mol. The molecule has 1 aromatic carbocycles. The third-order valence-electron chi connectivity index (χ3n) is 2.93. The predicted molar refractivity (Wildman–Crippen MR) is 72.0 cm³/mol. The number of non-ortho nitro benzene ring substituents is 1. The first-order valence-corrected chi connectivity index (χ1v) is 5.78. The van der Waals surface area contributed by atoms with Crippen LogP contribution in [0.3, 0.4) is 0 Å². The summed E-state index contributed by atoms with van der Waals surface area (Å²) in [5, 5.41) is 18.9. The second-order valence-electron chi connectivity index (χ2n) is 4.31. The molecule has 2 N–H and O–H groups in total. The van der Waals surface area contributed by atoms with Gasteiger partial charge in [0.25, 0.3) is 5.69 Å². The lowest BCUT2D eigenvalue weighted by molar-refractivity contribution is -0.384. The molecule has 0 amide bonds. The number of rotatable bonds is 2.